The number of anilines is 1. The molecule has 0 saturated heterocycles. The fourth-order valence-electron chi connectivity index (χ4n) is 2.90. The van der Waals surface area contributed by atoms with Crippen molar-refractivity contribution in [1.82, 2.24) is 14.8 Å². The van der Waals surface area contributed by atoms with Crippen LogP contribution in [0.1, 0.15) is 17.0 Å². The fourth-order valence-corrected chi connectivity index (χ4v) is 3.03. The van der Waals surface area contributed by atoms with Crippen LogP contribution in [0.15, 0.2) is 53.6 Å². The molecule has 1 aromatic heterocycles. The Morgan fingerprint density at radius 1 is 1.08 bits per heavy atom. The second kappa shape index (κ2) is 6.14. The van der Waals surface area contributed by atoms with Gasteiger partial charge in [-0.3, -0.25) is 4.57 Å². The van der Waals surface area contributed by atoms with Crippen molar-refractivity contribution in [2.45, 2.75) is 6.92 Å². The molecule has 0 amide bonds. The lowest BCUT2D eigenvalue weighted by Gasteiger charge is -2.14. The average Bonchev–Trinajstić information content (AvgIpc) is 2.94. The second-order valence-corrected chi connectivity index (χ2v) is 6.04. The van der Waals surface area contributed by atoms with Crippen molar-refractivity contribution in [2.24, 2.45) is 5.10 Å². The molecule has 0 aliphatic carbocycles. The molecule has 0 N–H and O–H groups in total. The molecule has 0 atom stereocenters. The van der Waals surface area contributed by atoms with Gasteiger partial charge in [-0.25, -0.2) is 5.01 Å². The fraction of sp³-hybridized carbons (Fsp3) is 0.111. The molecule has 124 valence electrons. The summed E-state index contributed by atoms with van der Waals surface area (Å²) in [5.74, 6) is 1.24. The average molecular weight is 352 g/mol. The molecular formula is C18H14ClN5O. The van der Waals surface area contributed by atoms with E-state index in [1.807, 2.05) is 60.0 Å². The maximum absolute atomic E-state index is 11.2. The zero-order valence-corrected chi connectivity index (χ0v) is 14.2. The van der Waals surface area contributed by atoms with E-state index in [9.17, 15) is 4.79 Å². The van der Waals surface area contributed by atoms with Gasteiger partial charge in [-0.15, -0.1) is 10.2 Å². The summed E-state index contributed by atoms with van der Waals surface area (Å²) < 4.78 is 1.91. The first-order valence-electron chi connectivity index (χ1n) is 7.76. The van der Waals surface area contributed by atoms with Crippen LogP contribution < -0.4 is 5.01 Å². The zero-order chi connectivity index (χ0) is 17.4. The molecule has 6 nitrogen and oxygen atoms in total. The number of aldehydes is 1. The lowest BCUT2D eigenvalue weighted by atomic mass is 10.0. The highest BCUT2D eigenvalue weighted by molar-refractivity contribution is 6.30. The Kier molecular flexibility index (Phi) is 3.82. The first-order valence-corrected chi connectivity index (χ1v) is 8.14. The molecule has 0 radical (unpaired) electrons. The smallest absolute Gasteiger partial charge is 0.252 e. The lowest BCUT2D eigenvalue weighted by molar-refractivity contribution is -0.106. The Hall–Kier alpha value is -2.99. The molecule has 3 aromatic rings. The summed E-state index contributed by atoms with van der Waals surface area (Å²) in [4.78, 5) is 11.2. The van der Waals surface area contributed by atoms with Gasteiger partial charge in [-0.05, 0) is 25.1 Å². The van der Waals surface area contributed by atoms with E-state index in [-0.39, 0.29) is 6.54 Å². The number of carbonyl (C=O) groups is 1. The number of hydrogen-bond acceptors (Lipinski definition) is 5. The topological polar surface area (TPSA) is 63.4 Å². The largest absolute Gasteiger partial charge is 0.301 e. The SMILES string of the molecule is Cc1nnc2n1-c1ccccc1C(c1ccc(Cl)cc1)=NN2CC=O. The van der Waals surface area contributed by atoms with Crippen molar-refractivity contribution in [3.8, 4) is 5.69 Å². The molecule has 2 aromatic carbocycles. The van der Waals surface area contributed by atoms with Gasteiger partial charge in [0.15, 0.2) is 0 Å². The first-order chi connectivity index (χ1) is 12.2. The standard InChI is InChI=1S/C18H14ClN5O/c1-12-20-21-18-23(10-11-25)22-17(13-6-8-14(19)9-7-13)15-4-2-3-5-16(15)24(12)18/h2-9,11H,10H2,1H3. The van der Waals surface area contributed by atoms with Crippen LogP contribution in [0, 0.1) is 6.92 Å². The lowest BCUT2D eigenvalue weighted by Crippen LogP contribution is -2.22. The van der Waals surface area contributed by atoms with Gasteiger partial charge in [0.05, 0.1) is 5.69 Å². The molecule has 0 bridgehead atoms. The predicted molar refractivity (Wildman–Crippen MR) is 96.6 cm³/mol. The molecule has 0 spiro atoms. The first kappa shape index (κ1) is 15.5. The van der Waals surface area contributed by atoms with Crippen molar-refractivity contribution < 1.29 is 4.79 Å². The van der Waals surface area contributed by atoms with Gasteiger partial charge in [0, 0.05) is 16.1 Å². The highest BCUT2D eigenvalue weighted by Crippen LogP contribution is 2.29. The van der Waals surface area contributed by atoms with Gasteiger partial charge in [0.2, 0.25) is 0 Å². The number of aromatic nitrogens is 3. The van der Waals surface area contributed by atoms with Crippen molar-refractivity contribution in [1.29, 1.82) is 0 Å². The van der Waals surface area contributed by atoms with E-state index in [0.717, 1.165) is 34.6 Å². The summed E-state index contributed by atoms with van der Waals surface area (Å²) in [6.45, 7) is 1.96. The number of hydrazone groups is 1. The molecule has 7 heteroatoms. The van der Waals surface area contributed by atoms with Crippen LogP contribution in [0.25, 0.3) is 5.69 Å². The Morgan fingerprint density at radius 3 is 2.60 bits per heavy atom. The highest BCUT2D eigenvalue weighted by atomic mass is 35.5. The molecule has 4 rings (SSSR count). The quantitative estimate of drug-likeness (QED) is 0.680. The number of para-hydroxylation sites is 1. The molecule has 0 fully saturated rings. The predicted octanol–water partition coefficient (Wildman–Crippen LogP) is 3.00. The molecule has 0 saturated carbocycles. The van der Waals surface area contributed by atoms with E-state index in [1.54, 1.807) is 5.01 Å². The number of nitrogens with zero attached hydrogens (tertiary/aromatic N) is 5. The van der Waals surface area contributed by atoms with Crippen molar-refractivity contribution in [3.05, 3.63) is 70.5 Å². The van der Waals surface area contributed by atoms with E-state index in [4.69, 9.17) is 16.7 Å². The summed E-state index contributed by atoms with van der Waals surface area (Å²) in [6.07, 6.45) is 0.799. The Balaban J connectivity index is 2.00. The third-order valence-electron chi connectivity index (χ3n) is 4.02. The summed E-state index contributed by atoms with van der Waals surface area (Å²) in [5.41, 5.74) is 3.51. The van der Waals surface area contributed by atoms with Crippen LogP contribution in [-0.2, 0) is 4.79 Å². The maximum Gasteiger partial charge on any atom is 0.252 e. The summed E-state index contributed by atoms with van der Waals surface area (Å²) in [7, 11) is 0. The minimum atomic E-state index is 0.0865. The number of hydrogen-bond donors (Lipinski definition) is 0. The third-order valence-corrected chi connectivity index (χ3v) is 4.28. The van der Waals surface area contributed by atoms with Gasteiger partial charge in [-0.2, -0.15) is 5.10 Å². The third kappa shape index (κ3) is 2.60. The van der Waals surface area contributed by atoms with Crippen molar-refractivity contribution in [2.75, 3.05) is 11.6 Å². The van der Waals surface area contributed by atoms with Crippen LogP contribution in [0.2, 0.25) is 5.02 Å². The second-order valence-electron chi connectivity index (χ2n) is 5.60. The molecule has 1 aliphatic rings. The van der Waals surface area contributed by atoms with Gasteiger partial charge in [-0.1, -0.05) is 41.9 Å². The van der Waals surface area contributed by atoms with Crippen LogP contribution in [0.4, 0.5) is 5.95 Å². The summed E-state index contributed by atoms with van der Waals surface area (Å²) >= 11 is 6.02. The van der Waals surface area contributed by atoms with Crippen LogP contribution in [0.3, 0.4) is 0 Å². The van der Waals surface area contributed by atoms with Gasteiger partial charge in [0.25, 0.3) is 5.95 Å². The zero-order valence-electron chi connectivity index (χ0n) is 13.4. The number of benzene rings is 2. The molecule has 0 unspecified atom stereocenters. The highest BCUT2D eigenvalue weighted by Gasteiger charge is 2.25. The normalized spacial score (nSPS) is 12.9. The van der Waals surface area contributed by atoms with E-state index in [2.05, 4.69) is 10.2 Å². The van der Waals surface area contributed by atoms with E-state index >= 15 is 0 Å². The van der Waals surface area contributed by atoms with E-state index in [0.29, 0.717) is 11.0 Å². The monoisotopic (exact) mass is 351 g/mol. The number of carbonyl (C=O) groups excluding carboxylic acids is 1. The van der Waals surface area contributed by atoms with Crippen molar-refractivity contribution >= 4 is 29.5 Å². The number of aryl methyl sites for hydroxylation is 1. The molecule has 1 aliphatic heterocycles. The molecular weight excluding hydrogens is 338 g/mol. The number of halogens is 1. The van der Waals surface area contributed by atoms with Gasteiger partial charge >= 0.3 is 0 Å². The summed E-state index contributed by atoms with van der Waals surface area (Å²) in [5, 5.41) is 15.3. The van der Waals surface area contributed by atoms with Crippen molar-refractivity contribution in [3.63, 3.8) is 0 Å². The molecule has 2 heterocycles. The molecule has 25 heavy (non-hydrogen) atoms. The number of rotatable bonds is 3. The van der Waals surface area contributed by atoms with Gasteiger partial charge < -0.3 is 4.79 Å². The van der Waals surface area contributed by atoms with E-state index < -0.39 is 0 Å². The summed E-state index contributed by atoms with van der Waals surface area (Å²) in [6, 6.07) is 15.4. The Morgan fingerprint density at radius 2 is 1.84 bits per heavy atom. The van der Waals surface area contributed by atoms with Crippen LogP contribution in [-0.4, -0.2) is 33.3 Å². The van der Waals surface area contributed by atoms with Crippen LogP contribution in [0.5, 0.6) is 0 Å². The van der Waals surface area contributed by atoms with E-state index in [1.165, 1.54) is 0 Å². The number of fused-ring (bicyclic) bond motifs is 3. The van der Waals surface area contributed by atoms with Crippen LogP contribution >= 0.6 is 11.6 Å². The van der Waals surface area contributed by atoms with Gasteiger partial charge in [0.1, 0.15) is 24.4 Å². The maximum atomic E-state index is 11.2. The Labute approximate surface area is 149 Å². The minimum Gasteiger partial charge on any atom is -0.301 e. The minimum absolute atomic E-state index is 0.0865. The Bertz CT molecular complexity index is 977.